The molecule has 0 saturated carbocycles. The summed E-state index contributed by atoms with van der Waals surface area (Å²) in [4.78, 5) is 1.35. The van der Waals surface area contributed by atoms with Gasteiger partial charge in [-0.1, -0.05) is 47.5 Å². The van der Waals surface area contributed by atoms with Crippen molar-refractivity contribution in [1.29, 1.82) is 0 Å². The van der Waals surface area contributed by atoms with Crippen LogP contribution in [0, 0.1) is 13.8 Å². The lowest BCUT2D eigenvalue weighted by molar-refractivity contribution is 0.617. The van der Waals surface area contributed by atoms with Gasteiger partial charge in [0, 0.05) is 16.7 Å². The van der Waals surface area contributed by atoms with Crippen LogP contribution in [-0.2, 0) is 6.42 Å². The minimum absolute atomic E-state index is 0.503. The van der Waals surface area contributed by atoms with Crippen molar-refractivity contribution in [3.05, 3.63) is 65.2 Å². The lowest BCUT2D eigenvalue weighted by atomic mass is 10.1. The molecule has 1 N–H and O–H groups in total. The van der Waals surface area contributed by atoms with Crippen molar-refractivity contribution in [2.24, 2.45) is 0 Å². The summed E-state index contributed by atoms with van der Waals surface area (Å²) in [6.45, 7) is 4.28. The third-order valence-corrected chi connectivity index (χ3v) is 4.62. The highest BCUT2D eigenvalue weighted by Crippen LogP contribution is 2.20. The van der Waals surface area contributed by atoms with E-state index in [1.54, 1.807) is 0 Å². The van der Waals surface area contributed by atoms with Gasteiger partial charge >= 0.3 is 0 Å². The fraction of sp³-hybridized carbons (Fsp3) is 0.333. The maximum atomic E-state index is 3.43. The van der Waals surface area contributed by atoms with Crippen molar-refractivity contribution < 1.29 is 0 Å². The molecule has 1 nitrogen and oxygen atoms in total. The second-order valence-electron chi connectivity index (χ2n) is 5.30. The molecule has 0 radical (unpaired) electrons. The minimum Gasteiger partial charge on any atom is -0.316 e. The van der Waals surface area contributed by atoms with Gasteiger partial charge in [0.2, 0.25) is 0 Å². The molecule has 0 aliphatic heterocycles. The van der Waals surface area contributed by atoms with Gasteiger partial charge in [0.05, 0.1) is 0 Å². The summed E-state index contributed by atoms with van der Waals surface area (Å²) in [6.07, 6.45) is 1.08. The maximum Gasteiger partial charge on any atom is 0.0199 e. The maximum absolute atomic E-state index is 3.43. The third kappa shape index (κ3) is 4.69. The number of hydrogen-bond acceptors (Lipinski definition) is 2. The van der Waals surface area contributed by atoms with E-state index in [9.17, 15) is 0 Å². The standard InChI is InChI=1S/C18H23NS/c1-14-7-9-18(10-8-14)20-13-17(19-3)12-16-6-4-5-15(2)11-16/h4-11,17,19H,12-13H2,1-3H3. The van der Waals surface area contributed by atoms with Gasteiger partial charge < -0.3 is 5.32 Å². The fourth-order valence-electron chi connectivity index (χ4n) is 2.20. The Bertz CT molecular complexity index is 533. The second-order valence-corrected chi connectivity index (χ2v) is 6.40. The Kier molecular flexibility index (Phi) is 5.69. The van der Waals surface area contributed by atoms with Gasteiger partial charge in [0.25, 0.3) is 0 Å². The fourth-order valence-corrected chi connectivity index (χ4v) is 3.21. The number of aryl methyl sites for hydroxylation is 2. The molecule has 2 aromatic rings. The van der Waals surface area contributed by atoms with Gasteiger partial charge in [-0.3, -0.25) is 0 Å². The smallest absolute Gasteiger partial charge is 0.0199 e. The number of nitrogens with one attached hydrogen (secondary N) is 1. The summed E-state index contributed by atoms with van der Waals surface area (Å²) in [5.41, 5.74) is 4.07. The number of hydrogen-bond donors (Lipinski definition) is 1. The van der Waals surface area contributed by atoms with Gasteiger partial charge in [-0.2, -0.15) is 0 Å². The second kappa shape index (κ2) is 7.51. The number of rotatable bonds is 6. The lowest BCUT2D eigenvalue weighted by Gasteiger charge is -2.16. The van der Waals surface area contributed by atoms with E-state index in [-0.39, 0.29) is 0 Å². The Morgan fingerprint density at radius 2 is 1.75 bits per heavy atom. The molecule has 0 amide bonds. The predicted molar refractivity (Wildman–Crippen MR) is 89.6 cm³/mol. The first-order chi connectivity index (χ1) is 9.67. The molecule has 20 heavy (non-hydrogen) atoms. The molecule has 2 rings (SSSR count). The molecule has 2 aromatic carbocycles. The van der Waals surface area contributed by atoms with Crippen LogP contribution in [0.5, 0.6) is 0 Å². The minimum atomic E-state index is 0.503. The topological polar surface area (TPSA) is 12.0 Å². The molecular formula is C18H23NS. The summed E-state index contributed by atoms with van der Waals surface area (Å²) in [5, 5.41) is 3.43. The molecule has 0 bridgehead atoms. The van der Waals surface area contributed by atoms with Crippen molar-refractivity contribution >= 4 is 11.8 Å². The van der Waals surface area contributed by atoms with E-state index in [0.29, 0.717) is 6.04 Å². The molecule has 0 aromatic heterocycles. The molecular weight excluding hydrogens is 262 g/mol. The van der Waals surface area contributed by atoms with Gasteiger partial charge in [-0.15, -0.1) is 11.8 Å². The average Bonchev–Trinajstić information content (AvgIpc) is 2.45. The molecule has 1 unspecified atom stereocenters. The Morgan fingerprint density at radius 3 is 2.40 bits per heavy atom. The lowest BCUT2D eigenvalue weighted by Crippen LogP contribution is -2.30. The van der Waals surface area contributed by atoms with Gasteiger partial charge in [0.15, 0.2) is 0 Å². The van der Waals surface area contributed by atoms with E-state index in [1.807, 2.05) is 11.8 Å². The van der Waals surface area contributed by atoms with Crippen molar-refractivity contribution in [2.45, 2.75) is 31.2 Å². The molecule has 0 aliphatic rings. The summed E-state index contributed by atoms with van der Waals surface area (Å²) in [5.74, 6) is 1.09. The van der Waals surface area contributed by atoms with E-state index < -0.39 is 0 Å². The number of benzene rings is 2. The molecule has 0 heterocycles. The van der Waals surface area contributed by atoms with Crippen molar-refractivity contribution in [3.63, 3.8) is 0 Å². The van der Waals surface area contributed by atoms with Crippen LogP contribution in [0.1, 0.15) is 16.7 Å². The molecule has 0 aliphatic carbocycles. The van der Waals surface area contributed by atoms with Gasteiger partial charge in [0.1, 0.15) is 0 Å². The van der Waals surface area contributed by atoms with Crippen LogP contribution in [0.3, 0.4) is 0 Å². The van der Waals surface area contributed by atoms with Crippen LogP contribution in [0.25, 0.3) is 0 Å². The first kappa shape index (κ1) is 15.1. The SMILES string of the molecule is CNC(CSc1ccc(C)cc1)Cc1cccc(C)c1. The van der Waals surface area contributed by atoms with Gasteiger partial charge in [-0.05, 0) is 45.0 Å². The molecule has 0 spiro atoms. The monoisotopic (exact) mass is 285 g/mol. The summed E-state index contributed by atoms with van der Waals surface area (Å²) in [7, 11) is 2.05. The molecule has 0 saturated heterocycles. The van der Waals surface area contributed by atoms with Crippen LogP contribution in [0.2, 0.25) is 0 Å². The number of thioether (sulfide) groups is 1. The normalized spacial score (nSPS) is 12.3. The van der Waals surface area contributed by atoms with Gasteiger partial charge in [-0.25, -0.2) is 0 Å². The quantitative estimate of drug-likeness (QED) is 0.797. The average molecular weight is 285 g/mol. The zero-order valence-electron chi connectivity index (χ0n) is 12.5. The van der Waals surface area contributed by atoms with E-state index in [1.165, 1.54) is 21.6 Å². The van der Waals surface area contributed by atoms with E-state index in [2.05, 4.69) is 74.7 Å². The van der Waals surface area contributed by atoms with E-state index in [0.717, 1.165) is 12.2 Å². The predicted octanol–water partition coefficient (Wildman–Crippen LogP) is 4.23. The largest absolute Gasteiger partial charge is 0.316 e. The molecule has 1 atom stereocenters. The van der Waals surface area contributed by atoms with Crippen LogP contribution >= 0.6 is 11.8 Å². The Balaban J connectivity index is 1.90. The molecule has 0 fully saturated rings. The van der Waals surface area contributed by atoms with Crippen molar-refractivity contribution in [1.82, 2.24) is 5.32 Å². The summed E-state index contributed by atoms with van der Waals surface area (Å²) < 4.78 is 0. The first-order valence-electron chi connectivity index (χ1n) is 7.09. The van der Waals surface area contributed by atoms with Crippen molar-refractivity contribution in [2.75, 3.05) is 12.8 Å². The highest BCUT2D eigenvalue weighted by Gasteiger charge is 2.08. The number of likely N-dealkylation sites (N-methyl/N-ethyl adjacent to an activating group) is 1. The zero-order chi connectivity index (χ0) is 14.4. The van der Waals surface area contributed by atoms with Crippen LogP contribution in [0.4, 0.5) is 0 Å². The summed E-state index contributed by atoms with van der Waals surface area (Å²) in [6, 6.07) is 18.1. The summed E-state index contributed by atoms with van der Waals surface area (Å²) >= 11 is 1.92. The van der Waals surface area contributed by atoms with Crippen molar-refractivity contribution in [3.8, 4) is 0 Å². The Labute approximate surface area is 126 Å². The highest BCUT2D eigenvalue weighted by molar-refractivity contribution is 7.99. The Morgan fingerprint density at radius 1 is 1.00 bits per heavy atom. The zero-order valence-corrected chi connectivity index (χ0v) is 13.3. The first-order valence-corrected chi connectivity index (χ1v) is 8.08. The van der Waals surface area contributed by atoms with Crippen LogP contribution < -0.4 is 5.32 Å². The van der Waals surface area contributed by atoms with Crippen LogP contribution in [0.15, 0.2) is 53.4 Å². The van der Waals surface area contributed by atoms with E-state index >= 15 is 0 Å². The van der Waals surface area contributed by atoms with E-state index in [4.69, 9.17) is 0 Å². The third-order valence-electron chi connectivity index (χ3n) is 3.45. The van der Waals surface area contributed by atoms with Crippen LogP contribution in [-0.4, -0.2) is 18.8 Å². The highest BCUT2D eigenvalue weighted by atomic mass is 32.2. The molecule has 2 heteroatoms. The molecule has 106 valence electrons. The Hall–Kier alpha value is -1.25.